The van der Waals surface area contributed by atoms with Gasteiger partial charge >= 0.3 is 16.4 Å². The van der Waals surface area contributed by atoms with Gasteiger partial charge < -0.3 is 0 Å². The van der Waals surface area contributed by atoms with Gasteiger partial charge in [0.1, 0.15) is 0 Å². The summed E-state index contributed by atoms with van der Waals surface area (Å²) >= 11 is 0. The van der Waals surface area contributed by atoms with Crippen LogP contribution in [0.3, 0.4) is 0 Å². The van der Waals surface area contributed by atoms with Crippen LogP contribution in [0.15, 0.2) is 12.0 Å². The largest absolute Gasteiger partial charge is 0.341 e. The Morgan fingerprint density at radius 3 is 2.38 bits per heavy atom. The van der Waals surface area contributed by atoms with E-state index in [0.717, 1.165) is 6.26 Å². The van der Waals surface area contributed by atoms with Gasteiger partial charge in [-0.15, -0.1) is 5.26 Å². The first kappa shape index (κ1) is 6.98. The van der Waals surface area contributed by atoms with E-state index in [4.69, 9.17) is 5.26 Å². The van der Waals surface area contributed by atoms with Crippen molar-refractivity contribution in [1.29, 1.82) is 5.26 Å². The van der Waals surface area contributed by atoms with Crippen LogP contribution < -0.4 is 0 Å². The third-order valence-electron chi connectivity index (χ3n) is 0.358. The van der Waals surface area contributed by atoms with Gasteiger partial charge in [-0.3, -0.25) is 4.18 Å². The average Bonchev–Trinajstić information content (AvgIpc) is 1.67. The summed E-state index contributed by atoms with van der Waals surface area (Å²) < 4.78 is 23.6. The Hall–Kier alpha value is -1.02. The number of hydrogen-bond acceptors (Lipinski definition) is 4. The number of nitriles is 1. The standard InChI is InChI=1S/C3H3NO3S/c1-2-8(5,6)7-3-4/h2H,1H2. The van der Waals surface area contributed by atoms with Gasteiger partial charge in [0, 0.05) is 0 Å². The molecule has 0 N–H and O–H groups in total. The molecule has 0 rings (SSSR count). The van der Waals surface area contributed by atoms with Crippen molar-refractivity contribution in [3.8, 4) is 6.26 Å². The summed E-state index contributed by atoms with van der Waals surface area (Å²) in [6, 6.07) is 0. The van der Waals surface area contributed by atoms with E-state index in [0.29, 0.717) is 5.41 Å². The van der Waals surface area contributed by atoms with Crippen LogP contribution in [0.4, 0.5) is 0 Å². The van der Waals surface area contributed by atoms with Crippen molar-refractivity contribution in [2.75, 3.05) is 0 Å². The molecule has 0 spiro atoms. The predicted octanol–water partition coefficient (Wildman–Crippen LogP) is -0.0426. The Labute approximate surface area is 47.1 Å². The lowest BCUT2D eigenvalue weighted by atomic mass is 11.3. The maximum absolute atomic E-state index is 10.0. The average molecular weight is 133 g/mol. The molecule has 0 aliphatic carbocycles. The van der Waals surface area contributed by atoms with Gasteiger partial charge in [-0.05, 0) is 0 Å². The van der Waals surface area contributed by atoms with Gasteiger partial charge in [-0.2, -0.15) is 8.42 Å². The summed E-state index contributed by atoms with van der Waals surface area (Å²) in [6.07, 6.45) is 1.000. The summed E-state index contributed by atoms with van der Waals surface area (Å²) in [7, 11) is -3.77. The SMILES string of the molecule is C=CS(=O)(=O)OC#N. The van der Waals surface area contributed by atoms with Crippen molar-refractivity contribution in [2.45, 2.75) is 0 Å². The van der Waals surface area contributed by atoms with Crippen molar-refractivity contribution in [1.82, 2.24) is 0 Å². The number of hydrogen-bond donors (Lipinski definition) is 0. The van der Waals surface area contributed by atoms with E-state index in [9.17, 15) is 8.42 Å². The van der Waals surface area contributed by atoms with Crippen LogP contribution in [0.25, 0.3) is 0 Å². The molecule has 0 unspecified atom stereocenters. The van der Waals surface area contributed by atoms with Crippen molar-refractivity contribution in [3.05, 3.63) is 12.0 Å². The van der Waals surface area contributed by atoms with E-state index < -0.39 is 10.1 Å². The zero-order chi connectivity index (χ0) is 6.62. The molecule has 0 aliphatic heterocycles. The zero-order valence-electron chi connectivity index (χ0n) is 3.86. The van der Waals surface area contributed by atoms with Gasteiger partial charge in [0.25, 0.3) is 0 Å². The maximum atomic E-state index is 10.0. The highest BCUT2D eigenvalue weighted by molar-refractivity contribution is 7.89. The molecule has 0 aromatic heterocycles. The van der Waals surface area contributed by atoms with Gasteiger partial charge in [0.05, 0.1) is 5.41 Å². The van der Waals surface area contributed by atoms with Crippen LogP contribution in [0.2, 0.25) is 0 Å². The van der Waals surface area contributed by atoms with E-state index in [1.807, 2.05) is 0 Å². The lowest BCUT2D eigenvalue weighted by molar-refractivity contribution is 0.469. The van der Waals surface area contributed by atoms with E-state index >= 15 is 0 Å². The molecular formula is C3H3NO3S. The Morgan fingerprint density at radius 2 is 2.25 bits per heavy atom. The fourth-order valence-electron chi connectivity index (χ4n) is 0.0860. The van der Waals surface area contributed by atoms with Crippen LogP contribution in [0, 0.1) is 11.5 Å². The molecule has 0 atom stereocenters. The third-order valence-corrected chi connectivity index (χ3v) is 1.07. The molecule has 0 saturated heterocycles. The zero-order valence-corrected chi connectivity index (χ0v) is 4.68. The molecular weight excluding hydrogens is 130 g/mol. The van der Waals surface area contributed by atoms with Crippen LogP contribution in [0.5, 0.6) is 0 Å². The molecule has 0 aromatic rings. The first-order valence-electron chi connectivity index (χ1n) is 1.57. The van der Waals surface area contributed by atoms with Gasteiger partial charge in [0.15, 0.2) is 0 Å². The van der Waals surface area contributed by atoms with E-state index in [2.05, 4.69) is 10.8 Å². The molecule has 0 saturated carbocycles. The van der Waals surface area contributed by atoms with Crippen molar-refractivity contribution in [2.24, 2.45) is 0 Å². The molecule has 0 amide bonds. The molecule has 8 heavy (non-hydrogen) atoms. The molecule has 5 heteroatoms. The molecule has 0 radical (unpaired) electrons. The van der Waals surface area contributed by atoms with Gasteiger partial charge in [-0.25, -0.2) is 0 Å². The van der Waals surface area contributed by atoms with Crippen LogP contribution in [-0.4, -0.2) is 8.42 Å². The molecule has 0 aliphatic rings. The highest BCUT2D eigenvalue weighted by atomic mass is 32.2. The number of nitrogens with zero attached hydrogens (tertiary/aromatic N) is 1. The highest BCUT2D eigenvalue weighted by Gasteiger charge is 2.00. The minimum absolute atomic E-state index is 0.552. The van der Waals surface area contributed by atoms with Crippen LogP contribution in [0.1, 0.15) is 0 Å². The molecule has 0 aromatic carbocycles. The Kier molecular flexibility index (Phi) is 2.03. The quantitative estimate of drug-likeness (QED) is 0.391. The molecule has 4 nitrogen and oxygen atoms in total. The fourth-order valence-corrected chi connectivity index (χ4v) is 0.258. The second-order valence-electron chi connectivity index (χ2n) is 0.834. The Morgan fingerprint density at radius 1 is 1.75 bits per heavy atom. The molecule has 0 bridgehead atoms. The summed E-state index contributed by atoms with van der Waals surface area (Å²) in [5.74, 6) is 0. The topological polar surface area (TPSA) is 67.2 Å². The normalized spacial score (nSPS) is 9.38. The minimum Gasteiger partial charge on any atom is -0.299 e. The maximum Gasteiger partial charge on any atom is 0.341 e. The Balaban J connectivity index is 4.23. The van der Waals surface area contributed by atoms with Crippen molar-refractivity contribution >= 4 is 10.1 Å². The number of rotatable bonds is 2. The summed E-state index contributed by atoms with van der Waals surface area (Å²) in [5.41, 5.74) is 0. The van der Waals surface area contributed by atoms with Gasteiger partial charge in [-0.1, -0.05) is 6.58 Å². The minimum atomic E-state index is -3.77. The van der Waals surface area contributed by atoms with Crippen molar-refractivity contribution in [3.63, 3.8) is 0 Å². The molecule has 44 valence electrons. The predicted molar refractivity (Wildman–Crippen MR) is 25.8 cm³/mol. The lowest BCUT2D eigenvalue weighted by Gasteiger charge is -1.84. The van der Waals surface area contributed by atoms with Crippen molar-refractivity contribution < 1.29 is 12.6 Å². The monoisotopic (exact) mass is 133 g/mol. The van der Waals surface area contributed by atoms with Crippen LogP contribution in [-0.2, 0) is 14.3 Å². The summed E-state index contributed by atoms with van der Waals surface area (Å²) in [5, 5.41) is 8.19. The highest BCUT2D eigenvalue weighted by Crippen LogP contribution is 1.88. The second-order valence-corrected chi connectivity index (χ2v) is 2.32. The smallest absolute Gasteiger partial charge is 0.299 e. The van der Waals surface area contributed by atoms with E-state index in [1.165, 1.54) is 0 Å². The summed E-state index contributed by atoms with van der Waals surface area (Å²) in [6.45, 7) is 2.89. The third kappa shape index (κ3) is 2.21. The fraction of sp³-hybridized carbons (Fsp3) is 0. The van der Waals surface area contributed by atoms with Crippen LogP contribution >= 0.6 is 0 Å². The van der Waals surface area contributed by atoms with E-state index in [-0.39, 0.29) is 0 Å². The first-order valence-corrected chi connectivity index (χ1v) is 3.04. The van der Waals surface area contributed by atoms with E-state index in [1.54, 1.807) is 0 Å². The summed E-state index contributed by atoms with van der Waals surface area (Å²) in [4.78, 5) is 0. The first-order chi connectivity index (χ1) is 3.62. The Bertz CT molecular complexity index is 209. The lowest BCUT2D eigenvalue weighted by Crippen LogP contribution is -1.93. The molecule has 0 fully saturated rings. The molecule has 0 heterocycles. The second kappa shape index (κ2) is 2.33. The van der Waals surface area contributed by atoms with Gasteiger partial charge in [0.2, 0.25) is 0 Å².